The first-order valence-corrected chi connectivity index (χ1v) is 7.29. The lowest BCUT2D eigenvalue weighted by molar-refractivity contribution is -0.116. The molecule has 0 aliphatic carbocycles. The Bertz CT molecular complexity index is 570. The second-order valence-corrected chi connectivity index (χ2v) is 5.35. The van der Waals surface area contributed by atoms with E-state index in [-0.39, 0.29) is 5.91 Å². The molecule has 0 aliphatic rings. The van der Waals surface area contributed by atoms with E-state index in [0.717, 1.165) is 11.3 Å². The molecule has 1 aromatic heterocycles. The Hall–Kier alpha value is -1.95. The summed E-state index contributed by atoms with van der Waals surface area (Å²) < 4.78 is 5.67. The van der Waals surface area contributed by atoms with Crippen molar-refractivity contribution in [3.05, 3.63) is 34.8 Å². The van der Waals surface area contributed by atoms with E-state index in [4.69, 9.17) is 4.74 Å². The molecule has 1 amide bonds. The van der Waals surface area contributed by atoms with E-state index in [1.807, 2.05) is 19.1 Å². The van der Waals surface area contributed by atoms with Crippen LogP contribution in [0, 0.1) is 13.8 Å². The first kappa shape index (κ1) is 14.5. The highest BCUT2D eigenvalue weighted by Gasteiger charge is 2.05. The van der Waals surface area contributed by atoms with Crippen molar-refractivity contribution in [3.8, 4) is 5.75 Å². The number of anilines is 1. The molecule has 20 heavy (non-hydrogen) atoms. The number of amides is 1. The molecule has 0 spiro atoms. The lowest BCUT2D eigenvalue weighted by Crippen LogP contribution is -2.12. The van der Waals surface area contributed by atoms with E-state index in [0.29, 0.717) is 24.6 Å². The summed E-state index contributed by atoms with van der Waals surface area (Å²) >= 11 is 1.31. The first-order chi connectivity index (χ1) is 9.65. The van der Waals surface area contributed by atoms with Gasteiger partial charge in [-0.05, 0) is 31.9 Å². The van der Waals surface area contributed by atoms with Crippen LogP contribution in [0.1, 0.15) is 24.0 Å². The van der Waals surface area contributed by atoms with Crippen molar-refractivity contribution in [1.29, 1.82) is 0 Å². The number of carbonyl (C=O) groups is 1. The molecule has 2 aromatic rings. The van der Waals surface area contributed by atoms with Gasteiger partial charge in [-0.25, -0.2) is 0 Å². The summed E-state index contributed by atoms with van der Waals surface area (Å²) in [5, 5.41) is 10.6. The maximum absolute atomic E-state index is 11.6. The minimum absolute atomic E-state index is 0.0639. The van der Waals surface area contributed by atoms with Gasteiger partial charge in [0.05, 0.1) is 6.61 Å². The Morgan fingerprint density at radius 3 is 2.95 bits per heavy atom. The Morgan fingerprint density at radius 1 is 1.40 bits per heavy atom. The standard InChI is InChI=1S/C14H17N3O2S/c1-10-5-6-12(11(2)8-10)19-7-3-4-13(18)16-14-17-15-9-20-14/h5-6,8-9H,3-4,7H2,1-2H3,(H,16,17,18). The predicted molar refractivity (Wildman–Crippen MR) is 79.2 cm³/mol. The molecule has 1 aromatic carbocycles. The molecule has 0 unspecified atom stereocenters. The second kappa shape index (κ2) is 7.00. The van der Waals surface area contributed by atoms with E-state index >= 15 is 0 Å². The third-order valence-corrected chi connectivity index (χ3v) is 3.35. The van der Waals surface area contributed by atoms with Crippen LogP contribution in [0.25, 0.3) is 0 Å². The number of carbonyl (C=O) groups excluding carboxylic acids is 1. The van der Waals surface area contributed by atoms with Gasteiger partial charge >= 0.3 is 0 Å². The van der Waals surface area contributed by atoms with Crippen LogP contribution in [-0.2, 0) is 4.79 Å². The Balaban J connectivity index is 1.69. The zero-order valence-corrected chi connectivity index (χ0v) is 12.4. The molecule has 0 radical (unpaired) electrons. The average molecular weight is 291 g/mol. The highest BCUT2D eigenvalue weighted by Crippen LogP contribution is 2.19. The number of nitrogens with one attached hydrogen (secondary N) is 1. The van der Waals surface area contributed by atoms with Crippen LogP contribution in [0.4, 0.5) is 5.13 Å². The predicted octanol–water partition coefficient (Wildman–Crippen LogP) is 2.95. The van der Waals surface area contributed by atoms with Crippen LogP contribution in [-0.4, -0.2) is 22.7 Å². The van der Waals surface area contributed by atoms with Crippen LogP contribution in [0.2, 0.25) is 0 Å². The third kappa shape index (κ3) is 4.31. The zero-order chi connectivity index (χ0) is 14.4. The topological polar surface area (TPSA) is 64.1 Å². The van der Waals surface area contributed by atoms with Gasteiger partial charge in [0.2, 0.25) is 11.0 Å². The molecule has 0 bridgehead atoms. The monoisotopic (exact) mass is 291 g/mol. The van der Waals surface area contributed by atoms with Gasteiger partial charge in [-0.15, -0.1) is 10.2 Å². The van der Waals surface area contributed by atoms with Gasteiger partial charge in [-0.1, -0.05) is 29.0 Å². The first-order valence-electron chi connectivity index (χ1n) is 6.41. The van der Waals surface area contributed by atoms with E-state index in [1.165, 1.54) is 16.9 Å². The number of nitrogens with zero attached hydrogens (tertiary/aromatic N) is 2. The molecule has 0 aliphatic heterocycles. The number of hydrogen-bond acceptors (Lipinski definition) is 5. The number of hydrogen-bond donors (Lipinski definition) is 1. The summed E-state index contributed by atoms with van der Waals surface area (Å²) in [5.74, 6) is 0.811. The SMILES string of the molecule is Cc1ccc(OCCCC(=O)Nc2nncs2)c(C)c1. The second-order valence-electron chi connectivity index (χ2n) is 4.51. The zero-order valence-electron chi connectivity index (χ0n) is 11.5. The number of rotatable bonds is 6. The summed E-state index contributed by atoms with van der Waals surface area (Å²) in [6.07, 6.45) is 1.07. The van der Waals surface area contributed by atoms with E-state index in [2.05, 4.69) is 28.5 Å². The van der Waals surface area contributed by atoms with Crippen molar-refractivity contribution in [2.24, 2.45) is 0 Å². The molecule has 1 N–H and O–H groups in total. The summed E-state index contributed by atoms with van der Waals surface area (Å²) in [6.45, 7) is 4.59. The molecule has 106 valence electrons. The van der Waals surface area contributed by atoms with E-state index in [9.17, 15) is 4.79 Å². The molecule has 1 heterocycles. The lowest BCUT2D eigenvalue weighted by atomic mass is 10.1. The molecule has 5 nitrogen and oxygen atoms in total. The van der Waals surface area contributed by atoms with Crippen LogP contribution in [0.15, 0.2) is 23.7 Å². The average Bonchev–Trinajstić information content (AvgIpc) is 2.89. The molecule has 0 fully saturated rings. The van der Waals surface area contributed by atoms with Gasteiger partial charge in [-0.2, -0.15) is 0 Å². The number of aryl methyl sites for hydroxylation is 2. The number of ether oxygens (including phenoxy) is 1. The maximum atomic E-state index is 11.6. The highest BCUT2D eigenvalue weighted by atomic mass is 32.1. The third-order valence-electron chi connectivity index (χ3n) is 2.74. The molecule has 2 rings (SSSR count). The molecule has 0 atom stereocenters. The Labute approximate surface area is 122 Å². The van der Waals surface area contributed by atoms with Gasteiger partial charge in [-0.3, -0.25) is 4.79 Å². The van der Waals surface area contributed by atoms with Crippen LogP contribution in [0.3, 0.4) is 0 Å². The van der Waals surface area contributed by atoms with Gasteiger partial charge in [0.25, 0.3) is 0 Å². The maximum Gasteiger partial charge on any atom is 0.226 e. The van der Waals surface area contributed by atoms with Crippen molar-refractivity contribution >= 4 is 22.4 Å². The van der Waals surface area contributed by atoms with Gasteiger partial charge < -0.3 is 10.1 Å². The minimum Gasteiger partial charge on any atom is -0.493 e. The van der Waals surface area contributed by atoms with Gasteiger partial charge in [0.1, 0.15) is 11.3 Å². The van der Waals surface area contributed by atoms with Crippen molar-refractivity contribution in [1.82, 2.24) is 10.2 Å². The Morgan fingerprint density at radius 2 is 2.25 bits per heavy atom. The fourth-order valence-corrected chi connectivity index (χ4v) is 2.25. The summed E-state index contributed by atoms with van der Waals surface area (Å²) in [4.78, 5) is 11.6. The molecule has 0 saturated heterocycles. The quantitative estimate of drug-likeness (QED) is 0.831. The molecular formula is C14H17N3O2S. The van der Waals surface area contributed by atoms with Crippen molar-refractivity contribution < 1.29 is 9.53 Å². The van der Waals surface area contributed by atoms with Crippen molar-refractivity contribution in [2.75, 3.05) is 11.9 Å². The van der Waals surface area contributed by atoms with E-state index in [1.54, 1.807) is 5.51 Å². The fraction of sp³-hybridized carbons (Fsp3) is 0.357. The normalized spacial score (nSPS) is 10.3. The van der Waals surface area contributed by atoms with E-state index < -0.39 is 0 Å². The molecule has 0 saturated carbocycles. The van der Waals surface area contributed by atoms with Crippen LogP contribution in [0.5, 0.6) is 5.75 Å². The van der Waals surface area contributed by atoms with Crippen LogP contribution >= 0.6 is 11.3 Å². The van der Waals surface area contributed by atoms with Gasteiger partial charge in [0, 0.05) is 6.42 Å². The fourth-order valence-electron chi connectivity index (χ4n) is 1.79. The number of aromatic nitrogens is 2. The number of benzene rings is 1. The molecule has 6 heteroatoms. The summed E-state index contributed by atoms with van der Waals surface area (Å²) in [7, 11) is 0. The van der Waals surface area contributed by atoms with Gasteiger partial charge in [0.15, 0.2) is 0 Å². The smallest absolute Gasteiger partial charge is 0.226 e. The lowest BCUT2D eigenvalue weighted by Gasteiger charge is -2.09. The van der Waals surface area contributed by atoms with Crippen molar-refractivity contribution in [3.63, 3.8) is 0 Å². The summed E-state index contributed by atoms with van der Waals surface area (Å²) in [5.41, 5.74) is 3.91. The molecular weight excluding hydrogens is 274 g/mol. The highest BCUT2D eigenvalue weighted by molar-refractivity contribution is 7.13. The largest absolute Gasteiger partial charge is 0.493 e. The summed E-state index contributed by atoms with van der Waals surface area (Å²) in [6, 6.07) is 6.06. The Kier molecular flexibility index (Phi) is 5.06. The minimum atomic E-state index is -0.0639. The van der Waals surface area contributed by atoms with Crippen molar-refractivity contribution in [2.45, 2.75) is 26.7 Å². The van der Waals surface area contributed by atoms with Crippen LogP contribution < -0.4 is 10.1 Å².